The van der Waals surface area contributed by atoms with E-state index in [2.05, 4.69) is 15.7 Å². The highest BCUT2D eigenvalue weighted by Gasteiger charge is 2.26. The summed E-state index contributed by atoms with van der Waals surface area (Å²) in [6.07, 6.45) is -0.191. The summed E-state index contributed by atoms with van der Waals surface area (Å²) in [7, 11) is 0. The summed E-state index contributed by atoms with van der Waals surface area (Å²) in [4.78, 5) is 41.6. The van der Waals surface area contributed by atoms with Gasteiger partial charge in [0.05, 0.1) is 22.4 Å². The van der Waals surface area contributed by atoms with Crippen LogP contribution in [0.3, 0.4) is 0 Å². The van der Waals surface area contributed by atoms with Crippen LogP contribution in [0.2, 0.25) is 0 Å². The minimum absolute atomic E-state index is 0.0347. The molecule has 1 unspecified atom stereocenters. The number of rotatable bonds is 6. The maximum absolute atomic E-state index is 13.3. The van der Waals surface area contributed by atoms with E-state index in [1.807, 2.05) is 54.4 Å². The Balaban J connectivity index is 1.54. The molecule has 0 saturated carbocycles. The first kappa shape index (κ1) is 25.8. The van der Waals surface area contributed by atoms with Crippen LogP contribution in [0.15, 0.2) is 88.8 Å². The fourth-order valence-electron chi connectivity index (χ4n) is 4.16. The lowest BCUT2D eigenvalue weighted by Gasteiger charge is -2.21. The number of anilines is 2. The van der Waals surface area contributed by atoms with E-state index in [1.54, 1.807) is 12.1 Å². The summed E-state index contributed by atoms with van der Waals surface area (Å²) in [6.45, 7) is 1.91. The normalized spacial score (nSPS) is 14.7. The molecule has 0 saturated heterocycles. The Labute approximate surface area is 226 Å². The number of carboxylic acids is 2. The molecule has 0 aliphatic carbocycles. The van der Waals surface area contributed by atoms with Gasteiger partial charge in [-0.1, -0.05) is 42.5 Å². The molecule has 196 valence electrons. The van der Waals surface area contributed by atoms with Crippen LogP contribution >= 0.6 is 11.8 Å². The summed E-state index contributed by atoms with van der Waals surface area (Å²) < 4.78 is 0. The zero-order valence-corrected chi connectivity index (χ0v) is 21.3. The Hall–Kier alpha value is -4.87. The van der Waals surface area contributed by atoms with Crippen molar-refractivity contribution in [1.29, 1.82) is 0 Å². The molecule has 1 amide bonds. The monoisotopic (exact) mass is 542 g/mol. The molecule has 0 bridgehead atoms. The summed E-state index contributed by atoms with van der Waals surface area (Å²) in [5.41, 5.74) is 3.46. The summed E-state index contributed by atoms with van der Waals surface area (Å²) in [6, 6.07) is 21.5. The third-order valence-corrected chi connectivity index (χ3v) is 6.96. The molecule has 0 aromatic heterocycles. The quantitative estimate of drug-likeness (QED) is 0.226. The van der Waals surface area contributed by atoms with Crippen LogP contribution in [0.1, 0.15) is 38.0 Å². The van der Waals surface area contributed by atoms with Gasteiger partial charge in [-0.15, -0.1) is 0 Å². The molecule has 0 radical (unpaired) electrons. The number of carbonyl (C=O) groups is 3. The van der Waals surface area contributed by atoms with Gasteiger partial charge in [-0.05, 0) is 60.5 Å². The van der Waals surface area contributed by atoms with Crippen molar-refractivity contribution in [1.82, 2.24) is 5.43 Å². The summed E-state index contributed by atoms with van der Waals surface area (Å²) in [5.74, 6) is -3.69. The van der Waals surface area contributed by atoms with E-state index in [9.17, 15) is 29.7 Å². The first-order valence-electron chi connectivity index (χ1n) is 11.8. The maximum Gasteiger partial charge on any atom is 0.335 e. The van der Waals surface area contributed by atoms with E-state index >= 15 is 0 Å². The predicted molar refractivity (Wildman–Crippen MR) is 149 cm³/mol. The van der Waals surface area contributed by atoms with Crippen LogP contribution in [0, 0.1) is 0 Å². The molecule has 10 nitrogen and oxygen atoms in total. The molecule has 11 heteroatoms. The highest BCUT2D eigenvalue weighted by Crippen LogP contribution is 2.39. The first-order valence-corrected chi connectivity index (χ1v) is 12.6. The number of fused-ring (bicyclic) bond motifs is 1. The van der Waals surface area contributed by atoms with E-state index in [1.165, 1.54) is 17.8 Å². The Morgan fingerprint density at radius 2 is 1.51 bits per heavy atom. The fraction of sp³-hybridized carbons (Fsp3) is 0.0714. The second-order valence-corrected chi connectivity index (χ2v) is 9.68. The van der Waals surface area contributed by atoms with Gasteiger partial charge in [-0.3, -0.25) is 9.80 Å². The fourth-order valence-corrected chi connectivity index (χ4v) is 5.28. The van der Waals surface area contributed by atoms with Crippen molar-refractivity contribution in [2.75, 3.05) is 10.3 Å². The minimum atomic E-state index is -1.34. The number of nitrogens with zero attached hydrogens (tertiary/aromatic N) is 2. The molecule has 1 aliphatic rings. The van der Waals surface area contributed by atoms with Gasteiger partial charge < -0.3 is 20.6 Å². The molecule has 5 rings (SSSR count). The van der Waals surface area contributed by atoms with Crippen LogP contribution in [0.25, 0.3) is 10.8 Å². The number of hydrazine groups is 1. The van der Waals surface area contributed by atoms with E-state index in [4.69, 9.17) is 0 Å². The van der Waals surface area contributed by atoms with Crippen LogP contribution in [-0.2, 0) is 0 Å². The molecule has 39 heavy (non-hydrogen) atoms. The lowest BCUT2D eigenvalue weighted by Crippen LogP contribution is -2.38. The van der Waals surface area contributed by atoms with Crippen molar-refractivity contribution < 1.29 is 29.7 Å². The van der Waals surface area contributed by atoms with E-state index in [0.717, 1.165) is 23.9 Å². The number of phenolic OH excluding ortho intramolecular Hbond substituents is 1. The third kappa shape index (κ3) is 5.26. The second kappa shape index (κ2) is 10.5. The number of phenols is 1. The molecule has 0 spiro atoms. The van der Waals surface area contributed by atoms with Gasteiger partial charge in [0.2, 0.25) is 0 Å². The van der Waals surface area contributed by atoms with Crippen molar-refractivity contribution in [3.05, 3.63) is 95.6 Å². The Bertz CT molecular complexity index is 1620. The number of carbonyl (C=O) groups excluding carboxylic acids is 1. The average Bonchev–Trinajstić information content (AvgIpc) is 3.30. The predicted octanol–water partition coefficient (Wildman–Crippen LogP) is 5.01. The van der Waals surface area contributed by atoms with Gasteiger partial charge in [0, 0.05) is 16.0 Å². The van der Waals surface area contributed by atoms with Gasteiger partial charge >= 0.3 is 11.9 Å². The minimum Gasteiger partial charge on any atom is -0.506 e. The average molecular weight is 543 g/mol. The maximum atomic E-state index is 13.3. The molecular formula is C28H22N4O6S. The number of benzene rings is 4. The highest BCUT2D eigenvalue weighted by atomic mass is 32.2. The number of hydrogen-bond acceptors (Lipinski definition) is 8. The number of aromatic hydroxyl groups is 1. The van der Waals surface area contributed by atoms with Gasteiger partial charge in [0.15, 0.2) is 5.17 Å². The second-order valence-electron chi connectivity index (χ2n) is 8.67. The van der Waals surface area contributed by atoms with Gasteiger partial charge in [0.1, 0.15) is 11.9 Å². The van der Waals surface area contributed by atoms with Crippen molar-refractivity contribution in [2.24, 2.45) is 4.99 Å². The topological polar surface area (TPSA) is 152 Å². The van der Waals surface area contributed by atoms with Crippen LogP contribution in [0.5, 0.6) is 5.75 Å². The van der Waals surface area contributed by atoms with Gasteiger partial charge in [0.25, 0.3) is 5.91 Å². The molecule has 5 N–H and O–H groups in total. The number of amidine groups is 1. The van der Waals surface area contributed by atoms with Crippen LogP contribution in [-0.4, -0.2) is 44.5 Å². The van der Waals surface area contributed by atoms with Crippen molar-refractivity contribution in [3.63, 3.8) is 0 Å². The number of aromatic carboxylic acids is 2. The number of amides is 1. The number of thioether (sulfide) groups is 1. The third-order valence-electron chi connectivity index (χ3n) is 5.93. The zero-order chi connectivity index (χ0) is 27.7. The lowest BCUT2D eigenvalue weighted by atomic mass is 10.0. The number of carboxylic acid groups (broad SMARTS) is 2. The van der Waals surface area contributed by atoms with Crippen molar-refractivity contribution >= 4 is 56.9 Å². The van der Waals surface area contributed by atoms with Gasteiger partial charge in [-0.2, -0.15) is 0 Å². The summed E-state index contributed by atoms with van der Waals surface area (Å²) in [5, 5.41) is 35.9. The SMILES string of the molecule is CC1N=C(Sc2cc(C(=O)Nc3cc(C(=O)O)cc(C(=O)O)c3)c(O)c3ccccc23)N(c2ccccc2)N1. The number of nitrogens with one attached hydrogen (secondary N) is 2. The number of para-hydroxylation sites is 1. The van der Waals surface area contributed by atoms with Gasteiger partial charge in [-0.25, -0.2) is 20.0 Å². The lowest BCUT2D eigenvalue weighted by molar-refractivity contribution is 0.0696. The molecule has 4 aromatic carbocycles. The molecule has 0 fully saturated rings. The molecular weight excluding hydrogens is 520 g/mol. The molecule has 4 aromatic rings. The van der Waals surface area contributed by atoms with E-state index in [-0.39, 0.29) is 34.3 Å². The van der Waals surface area contributed by atoms with Crippen LogP contribution < -0.4 is 15.8 Å². The number of aliphatic imine (C=N–C) groups is 1. The first-order chi connectivity index (χ1) is 18.7. The molecule has 1 aliphatic heterocycles. The van der Waals surface area contributed by atoms with E-state index in [0.29, 0.717) is 20.8 Å². The molecule has 1 heterocycles. The molecule has 1 atom stereocenters. The van der Waals surface area contributed by atoms with Crippen LogP contribution in [0.4, 0.5) is 11.4 Å². The Kier molecular flexibility index (Phi) is 6.92. The Morgan fingerprint density at radius 1 is 0.897 bits per heavy atom. The smallest absolute Gasteiger partial charge is 0.335 e. The highest BCUT2D eigenvalue weighted by molar-refractivity contribution is 8.14. The van der Waals surface area contributed by atoms with Crippen molar-refractivity contribution in [3.8, 4) is 5.75 Å². The van der Waals surface area contributed by atoms with E-state index < -0.39 is 17.8 Å². The number of hydrogen-bond donors (Lipinski definition) is 5. The summed E-state index contributed by atoms with van der Waals surface area (Å²) >= 11 is 1.31. The standard InChI is InChI=1S/C28H22N4O6S/c1-15-29-28(32(31-15)19-7-3-2-4-8-19)39-23-14-22(24(33)21-10-6-5-9-20(21)23)25(34)30-18-12-16(26(35)36)11-17(13-18)27(37)38/h2-15,31,33H,1H3,(H,30,34)(H,35,36)(H,37,38). The largest absolute Gasteiger partial charge is 0.506 e. The Morgan fingerprint density at radius 3 is 2.15 bits per heavy atom. The van der Waals surface area contributed by atoms with Crippen molar-refractivity contribution in [2.45, 2.75) is 18.0 Å². The zero-order valence-electron chi connectivity index (χ0n) is 20.5.